The maximum Gasteiger partial charge on any atom is 2.00 e. The molecule has 0 amide bonds. The molecule has 0 aliphatic rings. The summed E-state index contributed by atoms with van der Waals surface area (Å²) in [5.74, 6) is 0. The van der Waals surface area contributed by atoms with Gasteiger partial charge in [-0.2, -0.15) is 0 Å². The predicted molar refractivity (Wildman–Crippen MR) is 45.7 cm³/mol. The molecule has 0 aliphatic carbocycles. The van der Waals surface area contributed by atoms with Gasteiger partial charge in [-0.05, 0) is 0 Å². The smallest absolute Gasteiger partial charge is 1.00 e. The molecule has 0 radical (unpaired) electrons. The summed E-state index contributed by atoms with van der Waals surface area (Å²) in [5.41, 5.74) is 0. The van der Waals surface area contributed by atoms with Gasteiger partial charge in [-0.1, -0.05) is 0 Å². The molecule has 0 rings (SSSR count). The first-order valence-corrected chi connectivity index (χ1v) is 3.40. The third-order valence-corrected chi connectivity index (χ3v) is 1.25. The molecule has 0 unspecified atom stereocenters. The summed E-state index contributed by atoms with van der Waals surface area (Å²) in [6.45, 7) is 1.75. The van der Waals surface area contributed by atoms with Gasteiger partial charge in [-0.15, -0.1) is 0 Å². The molecule has 0 spiro atoms. The largest absolute Gasteiger partial charge is 2.00 e. The Morgan fingerprint density at radius 3 is 1.27 bits per heavy atom. The van der Waals surface area contributed by atoms with E-state index in [4.69, 9.17) is 15.3 Å². The second kappa shape index (κ2) is 11.1. The Morgan fingerprint density at radius 2 is 1.09 bits per heavy atom. The van der Waals surface area contributed by atoms with Crippen LogP contribution in [0.25, 0.3) is 0 Å². The minimum atomic E-state index is 0. The maximum absolute atomic E-state index is 8.48. The Bertz CT molecular complexity index is 68.6. The van der Waals surface area contributed by atoms with Crippen LogP contribution < -0.4 is 0 Å². The molecular weight excluding hydrogens is 174 g/mol. The van der Waals surface area contributed by atoms with E-state index in [9.17, 15) is 0 Å². The topological polar surface area (TPSA) is 63.9 Å². The summed E-state index contributed by atoms with van der Waals surface area (Å²) >= 11 is 0. The van der Waals surface area contributed by atoms with Crippen LogP contribution in [0.4, 0.5) is 0 Å². The van der Waals surface area contributed by atoms with Gasteiger partial charge in [0, 0.05) is 19.6 Å². The fourth-order valence-corrected chi connectivity index (χ4v) is 0.760. The van der Waals surface area contributed by atoms with Crippen LogP contribution in [0.5, 0.6) is 0 Å². The van der Waals surface area contributed by atoms with E-state index < -0.39 is 0 Å². The molecule has 0 bridgehead atoms. The van der Waals surface area contributed by atoms with E-state index in [1.807, 2.05) is 0 Å². The van der Waals surface area contributed by atoms with E-state index >= 15 is 0 Å². The monoisotopic (exact) mass is 191 g/mol. The fraction of sp³-hybridized carbons (Fsp3) is 1.00. The van der Waals surface area contributed by atoms with E-state index in [2.05, 4.69) is 0 Å². The van der Waals surface area contributed by atoms with Crippen molar-refractivity contribution in [2.24, 2.45) is 0 Å². The zero-order valence-electron chi connectivity index (χ0n) is 8.74. The van der Waals surface area contributed by atoms with Gasteiger partial charge < -0.3 is 18.2 Å². The third kappa shape index (κ3) is 9.01. The third-order valence-electron chi connectivity index (χ3n) is 1.25. The molecule has 3 N–H and O–H groups in total. The van der Waals surface area contributed by atoms with Crippen molar-refractivity contribution in [3.05, 3.63) is 0 Å². The zero-order chi connectivity index (χ0) is 7.82. The van der Waals surface area contributed by atoms with Crippen LogP contribution in [0.3, 0.4) is 0 Å². The van der Waals surface area contributed by atoms with Gasteiger partial charge in [0.15, 0.2) is 0 Å². The van der Waals surface area contributed by atoms with Crippen molar-refractivity contribution in [3.8, 4) is 0 Å². The van der Waals surface area contributed by atoms with E-state index in [0.717, 1.165) is 0 Å². The van der Waals surface area contributed by atoms with E-state index in [-0.39, 0.29) is 60.4 Å². The van der Waals surface area contributed by atoms with Gasteiger partial charge in [0.2, 0.25) is 0 Å². The average molecular weight is 191 g/mol. The second-order valence-corrected chi connectivity index (χ2v) is 2.01. The van der Waals surface area contributed by atoms with Crippen LogP contribution in [0, 0.1) is 0 Å². The summed E-state index contributed by atoms with van der Waals surface area (Å²) in [6, 6.07) is 0. The van der Waals surface area contributed by atoms with Crippen molar-refractivity contribution in [1.29, 1.82) is 0 Å². The number of hydrogen-bond acceptors (Lipinski definition) is 4. The number of aliphatic hydroxyl groups is 3. The number of aliphatic hydroxyl groups excluding tert-OH is 3. The summed E-state index contributed by atoms with van der Waals surface area (Å²) in [4.78, 5) is 1.79. The zero-order valence-corrected chi connectivity index (χ0v) is 8.95. The molecule has 0 aromatic carbocycles. The Labute approximate surface area is 99.8 Å². The van der Waals surface area contributed by atoms with Crippen molar-refractivity contribution >= 4 is 37.7 Å². The van der Waals surface area contributed by atoms with Crippen molar-refractivity contribution in [2.45, 2.75) is 0 Å². The van der Waals surface area contributed by atoms with Crippen LogP contribution >= 0.6 is 0 Å². The van der Waals surface area contributed by atoms with Gasteiger partial charge in [0.05, 0.1) is 19.8 Å². The molecule has 5 heteroatoms. The molecule has 0 saturated heterocycles. The van der Waals surface area contributed by atoms with Crippen LogP contribution in [-0.4, -0.2) is 97.4 Å². The van der Waals surface area contributed by atoms with E-state index in [1.165, 1.54) is 0 Å². The first-order chi connectivity index (χ1) is 4.85. The number of hydrogen-bond donors (Lipinski definition) is 3. The fourth-order valence-electron chi connectivity index (χ4n) is 0.760. The summed E-state index contributed by atoms with van der Waals surface area (Å²) in [5, 5.41) is 25.5. The number of rotatable bonds is 6. The summed E-state index contributed by atoms with van der Waals surface area (Å²) < 4.78 is 0. The van der Waals surface area contributed by atoms with Crippen molar-refractivity contribution in [3.63, 3.8) is 0 Å². The Morgan fingerprint density at radius 1 is 0.818 bits per heavy atom. The molecule has 0 aromatic rings. The summed E-state index contributed by atoms with van der Waals surface area (Å²) in [6.07, 6.45) is 0. The first kappa shape index (κ1) is 14.6. The predicted octanol–water partition coefficient (Wildman–Crippen LogP) is -1.89. The van der Waals surface area contributed by atoms with Gasteiger partial charge in [0.1, 0.15) is 0 Å². The van der Waals surface area contributed by atoms with E-state index in [0.29, 0.717) is 19.6 Å². The van der Waals surface area contributed by atoms with Gasteiger partial charge in [-0.25, -0.2) is 0 Å². The normalized spacial score (nSPS) is 9.82. The Hall–Kier alpha value is 1.10. The Kier molecular flexibility index (Phi) is 14.7. The number of nitrogens with zero attached hydrogens (tertiary/aromatic N) is 1. The molecule has 0 saturated carbocycles. The summed E-state index contributed by atoms with van der Waals surface area (Å²) in [7, 11) is 0. The molecule has 0 fully saturated rings. The van der Waals surface area contributed by atoms with Crippen LogP contribution in [0.2, 0.25) is 0 Å². The average Bonchev–Trinajstić information content (AvgIpc) is 1.90. The SMILES string of the molecule is OCCN(CCO)CCO.[Ca+2].[H-].[H-]. The van der Waals surface area contributed by atoms with Crippen LogP contribution in [0.1, 0.15) is 2.85 Å². The molecule has 4 nitrogen and oxygen atoms in total. The first-order valence-electron chi connectivity index (χ1n) is 3.40. The molecule has 11 heavy (non-hydrogen) atoms. The second-order valence-electron chi connectivity index (χ2n) is 2.01. The van der Waals surface area contributed by atoms with Gasteiger partial charge >= 0.3 is 37.7 Å². The van der Waals surface area contributed by atoms with Crippen molar-refractivity contribution < 1.29 is 18.2 Å². The van der Waals surface area contributed by atoms with Crippen molar-refractivity contribution in [1.82, 2.24) is 4.90 Å². The minimum Gasteiger partial charge on any atom is -1.00 e. The maximum atomic E-state index is 8.48. The quantitative estimate of drug-likeness (QED) is 0.430. The van der Waals surface area contributed by atoms with Crippen LogP contribution in [0.15, 0.2) is 0 Å². The minimum absolute atomic E-state index is 0. The van der Waals surface area contributed by atoms with E-state index in [1.54, 1.807) is 4.90 Å². The Balaban J connectivity index is -0.000000135. The molecule has 66 valence electrons. The standard InChI is InChI=1S/C6H15NO3.Ca.2H/c8-4-1-7(2-5-9)3-6-10;;;/h8-10H,1-6H2;;;/q;+2;2*-1. The molecule has 0 aromatic heterocycles. The molecule has 0 atom stereocenters. The molecule has 0 heterocycles. The van der Waals surface area contributed by atoms with Crippen LogP contribution in [-0.2, 0) is 0 Å². The molecular formula is C6H17CaNO3. The van der Waals surface area contributed by atoms with Crippen molar-refractivity contribution in [2.75, 3.05) is 39.5 Å². The van der Waals surface area contributed by atoms with Gasteiger partial charge in [0.25, 0.3) is 0 Å². The molecule has 0 aliphatic heterocycles. The van der Waals surface area contributed by atoms with Gasteiger partial charge in [-0.3, -0.25) is 4.90 Å².